The number of allylic oxidation sites excluding steroid dienone is 3. The summed E-state index contributed by atoms with van der Waals surface area (Å²) in [6.45, 7) is 1.79. The molecule has 0 bridgehead atoms. The van der Waals surface area contributed by atoms with Crippen LogP contribution < -0.4 is 0 Å². The summed E-state index contributed by atoms with van der Waals surface area (Å²) in [5, 5.41) is 8.98. The number of hydrogen-bond acceptors (Lipinski definition) is 1. The minimum atomic E-state index is -0.291. The molecule has 1 N–H and O–H groups in total. The lowest BCUT2D eigenvalue weighted by atomic mass is 9.94. The van der Waals surface area contributed by atoms with Gasteiger partial charge in [-0.05, 0) is 32.1 Å². The van der Waals surface area contributed by atoms with E-state index in [0.29, 0.717) is 5.92 Å². The van der Waals surface area contributed by atoms with Crippen LogP contribution in [-0.4, -0.2) is 11.2 Å². The Morgan fingerprint density at radius 3 is 2.91 bits per heavy atom. The van der Waals surface area contributed by atoms with Gasteiger partial charge in [-0.2, -0.15) is 0 Å². The van der Waals surface area contributed by atoms with Crippen LogP contribution >= 0.6 is 0 Å². The van der Waals surface area contributed by atoms with Gasteiger partial charge in [-0.25, -0.2) is 0 Å². The quantitative estimate of drug-likeness (QED) is 0.602. The molecule has 1 heteroatoms. The molecular weight excluding hydrogens is 136 g/mol. The van der Waals surface area contributed by atoms with Crippen LogP contribution in [-0.2, 0) is 0 Å². The van der Waals surface area contributed by atoms with E-state index >= 15 is 0 Å². The Morgan fingerprint density at radius 2 is 2.36 bits per heavy atom. The van der Waals surface area contributed by atoms with Crippen LogP contribution in [0.2, 0.25) is 0 Å². The summed E-state index contributed by atoms with van der Waals surface area (Å²) >= 11 is 0. The Hall–Kier alpha value is -0.560. The van der Waals surface area contributed by atoms with Crippen molar-refractivity contribution in [2.45, 2.75) is 32.3 Å². The molecule has 0 spiro atoms. The maximum Gasteiger partial charge on any atom is 0.0692 e. The van der Waals surface area contributed by atoms with Crippen LogP contribution in [0.5, 0.6) is 0 Å². The molecule has 2 atom stereocenters. The largest absolute Gasteiger partial charge is 0.389 e. The van der Waals surface area contributed by atoms with Gasteiger partial charge in [0.25, 0.3) is 0 Å². The maximum absolute atomic E-state index is 8.98. The summed E-state index contributed by atoms with van der Waals surface area (Å²) in [7, 11) is 0. The van der Waals surface area contributed by atoms with Gasteiger partial charge < -0.3 is 5.11 Å². The van der Waals surface area contributed by atoms with Crippen molar-refractivity contribution in [3.05, 3.63) is 24.3 Å². The molecule has 0 unspecified atom stereocenters. The Balaban J connectivity index is 2.31. The molecule has 62 valence electrons. The summed E-state index contributed by atoms with van der Waals surface area (Å²) in [5.74, 6) is 0.662. The topological polar surface area (TPSA) is 20.2 Å². The summed E-state index contributed by atoms with van der Waals surface area (Å²) in [4.78, 5) is 0. The Labute approximate surface area is 68.4 Å². The van der Waals surface area contributed by atoms with Crippen LogP contribution in [0.25, 0.3) is 0 Å². The highest BCUT2D eigenvalue weighted by atomic mass is 16.3. The van der Waals surface area contributed by atoms with Gasteiger partial charge in [0.15, 0.2) is 0 Å². The van der Waals surface area contributed by atoms with E-state index in [9.17, 15) is 0 Å². The van der Waals surface area contributed by atoms with E-state index in [4.69, 9.17) is 5.11 Å². The van der Waals surface area contributed by atoms with Crippen molar-refractivity contribution in [1.29, 1.82) is 0 Å². The van der Waals surface area contributed by atoms with Crippen LogP contribution in [0.1, 0.15) is 26.2 Å². The summed E-state index contributed by atoms with van der Waals surface area (Å²) in [6.07, 6.45) is 11.7. The standard InChI is InChI=1S/C10H16O/c1-9(11)7-8-10-5-3-2-4-6-10/h2-3,7-11H,4-6H2,1H3/b8-7-/t9-,10-/m0/s1. The predicted octanol–water partition coefficient (Wildman–Crippen LogP) is 2.28. The average molecular weight is 152 g/mol. The van der Waals surface area contributed by atoms with Gasteiger partial charge in [-0.15, -0.1) is 0 Å². The average Bonchev–Trinajstić information content (AvgIpc) is 2.03. The van der Waals surface area contributed by atoms with Gasteiger partial charge in [-0.1, -0.05) is 24.3 Å². The molecule has 0 amide bonds. The third-order valence-electron chi connectivity index (χ3n) is 1.97. The fourth-order valence-corrected chi connectivity index (χ4v) is 1.31. The minimum absolute atomic E-state index is 0.291. The Kier molecular flexibility index (Phi) is 3.37. The second-order valence-corrected chi connectivity index (χ2v) is 3.17. The van der Waals surface area contributed by atoms with Gasteiger partial charge in [0.05, 0.1) is 6.10 Å². The molecule has 1 aliphatic carbocycles. The molecule has 1 aliphatic rings. The van der Waals surface area contributed by atoms with E-state index in [1.807, 2.05) is 6.08 Å². The highest BCUT2D eigenvalue weighted by molar-refractivity contribution is 4.99. The molecule has 11 heavy (non-hydrogen) atoms. The summed E-state index contributed by atoms with van der Waals surface area (Å²) < 4.78 is 0. The molecule has 1 rings (SSSR count). The lowest BCUT2D eigenvalue weighted by molar-refractivity contribution is 0.243. The molecular formula is C10H16O. The third kappa shape index (κ3) is 3.38. The third-order valence-corrected chi connectivity index (χ3v) is 1.97. The molecule has 1 nitrogen and oxygen atoms in total. The van der Waals surface area contributed by atoms with Gasteiger partial charge in [0, 0.05) is 0 Å². The molecule has 0 saturated heterocycles. The first kappa shape index (κ1) is 8.54. The molecule has 0 radical (unpaired) electrons. The van der Waals surface area contributed by atoms with E-state index in [0.717, 1.165) is 6.42 Å². The lowest BCUT2D eigenvalue weighted by Crippen LogP contribution is -2.00. The van der Waals surface area contributed by atoms with E-state index < -0.39 is 0 Å². The number of rotatable bonds is 2. The molecule has 0 aromatic carbocycles. The van der Waals surface area contributed by atoms with Crippen molar-refractivity contribution in [2.24, 2.45) is 5.92 Å². The van der Waals surface area contributed by atoms with Gasteiger partial charge in [-0.3, -0.25) is 0 Å². The van der Waals surface area contributed by atoms with E-state index in [-0.39, 0.29) is 6.10 Å². The second kappa shape index (κ2) is 4.35. The van der Waals surface area contributed by atoms with Crippen molar-refractivity contribution in [3.63, 3.8) is 0 Å². The highest BCUT2D eigenvalue weighted by Crippen LogP contribution is 2.19. The van der Waals surface area contributed by atoms with E-state index in [2.05, 4.69) is 18.2 Å². The maximum atomic E-state index is 8.98. The normalized spacial score (nSPS) is 27.6. The lowest BCUT2D eigenvalue weighted by Gasteiger charge is -2.12. The summed E-state index contributed by atoms with van der Waals surface area (Å²) in [6, 6.07) is 0. The fraction of sp³-hybridized carbons (Fsp3) is 0.600. The molecule has 0 heterocycles. The Morgan fingerprint density at radius 1 is 1.55 bits per heavy atom. The summed E-state index contributed by atoms with van der Waals surface area (Å²) in [5.41, 5.74) is 0. The first-order valence-electron chi connectivity index (χ1n) is 4.30. The van der Waals surface area contributed by atoms with Gasteiger partial charge in [0.2, 0.25) is 0 Å². The number of aliphatic hydroxyl groups excluding tert-OH is 1. The van der Waals surface area contributed by atoms with Crippen LogP contribution in [0.15, 0.2) is 24.3 Å². The second-order valence-electron chi connectivity index (χ2n) is 3.17. The van der Waals surface area contributed by atoms with Gasteiger partial charge in [0.1, 0.15) is 0 Å². The van der Waals surface area contributed by atoms with Crippen molar-refractivity contribution in [1.82, 2.24) is 0 Å². The monoisotopic (exact) mass is 152 g/mol. The molecule has 0 aromatic heterocycles. The van der Waals surface area contributed by atoms with Crippen molar-refractivity contribution >= 4 is 0 Å². The van der Waals surface area contributed by atoms with Crippen LogP contribution in [0, 0.1) is 5.92 Å². The zero-order valence-electron chi connectivity index (χ0n) is 7.03. The predicted molar refractivity (Wildman–Crippen MR) is 47.3 cm³/mol. The number of aliphatic hydroxyl groups is 1. The number of hydrogen-bond donors (Lipinski definition) is 1. The van der Waals surface area contributed by atoms with Crippen molar-refractivity contribution in [2.75, 3.05) is 0 Å². The first-order chi connectivity index (χ1) is 5.29. The van der Waals surface area contributed by atoms with Crippen LogP contribution in [0.4, 0.5) is 0 Å². The zero-order valence-corrected chi connectivity index (χ0v) is 7.03. The SMILES string of the molecule is C[C@H](O)/C=C\[C@H]1CC=CCC1. The minimum Gasteiger partial charge on any atom is -0.389 e. The van der Waals surface area contributed by atoms with Crippen LogP contribution in [0.3, 0.4) is 0 Å². The molecule has 0 aliphatic heterocycles. The zero-order chi connectivity index (χ0) is 8.10. The van der Waals surface area contributed by atoms with Gasteiger partial charge >= 0.3 is 0 Å². The molecule has 0 saturated carbocycles. The molecule has 0 aromatic rings. The first-order valence-corrected chi connectivity index (χ1v) is 4.30. The smallest absolute Gasteiger partial charge is 0.0692 e. The fourth-order valence-electron chi connectivity index (χ4n) is 1.31. The van der Waals surface area contributed by atoms with E-state index in [1.54, 1.807) is 6.92 Å². The Bertz CT molecular complexity index is 156. The molecule has 0 fully saturated rings. The van der Waals surface area contributed by atoms with E-state index in [1.165, 1.54) is 12.8 Å². The highest BCUT2D eigenvalue weighted by Gasteiger charge is 2.04. The van der Waals surface area contributed by atoms with Crippen molar-refractivity contribution in [3.8, 4) is 0 Å². The van der Waals surface area contributed by atoms with Crippen molar-refractivity contribution < 1.29 is 5.11 Å².